The average molecular weight is 777 g/mol. The average Bonchev–Trinajstić information content (AvgIpc) is 3.16. The summed E-state index contributed by atoms with van der Waals surface area (Å²) in [5.74, 6) is 1.94. The number of halogens is 5. The molecule has 4 aromatic carbocycles. The van der Waals surface area contributed by atoms with Crippen molar-refractivity contribution in [3.63, 3.8) is 0 Å². The molecule has 2 heterocycles. The number of nitrogens with zero attached hydrogens (tertiary/aromatic N) is 3. The van der Waals surface area contributed by atoms with Gasteiger partial charge in [0.1, 0.15) is 24.4 Å². The predicted octanol–water partition coefficient (Wildman–Crippen LogP) is 10.1. The van der Waals surface area contributed by atoms with Gasteiger partial charge in [-0.25, -0.2) is 4.98 Å². The molecule has 0 radical (unpaired) electrons. The maximum atomic E-state index is 12.8. The van der Waals surface area contributed by atoms with Crippen molar-refractivity contribution in [1.82, 2.24) is 14.8 Å². The number of pyridine rings is 1. The van der Waals surface area contributed by atoms with Gasteiger partial charge in [0.05, 0.1) is 23.4 Å². The predicted molar refractivity (Wildman–Crippen MR) is 204 cm³/mol. The summed E-state index contributed by atoms with van der Waals surface area (Å²) >= 11 is 12.7. The van der Waals surface area contributed by atoms with Crippen molar-refractivity contribution in [3.8, 4) is 23.1 Å². The number of hydrogen-bond donors (Lipinski definition) is 0. The van der Waals surface area contributed by atoms with Gasteiger partial charge in [-0.15, -0.1) is 0 Å². The maximum Gasteiger partial charge on any atom is 0.416 e. The first-order valence-corrected chi connectivity index (χ1v) is 18.1. The van der Waals surface area contributed by atoms with Crippen LogP contribution in [0.1, 0.15) is 33.4 Å². The number of ether oxygens (including phenoxy) is 3. The van der Waals surface area contributed by atoms with Gasteiger partial charge in [-0.1, -0.05) is 59.6 Å². The Morgan fingerprint density at radius 3 is 2.11 bits per heavy atom. The van der Waals surface area contributed by atoms with E-state index in [1.165, 1.54) is 29.5 Å². The van der Waals surface area contributed by atoms with Gasteiger partial charge >= 0.3 is 6.18 Å². The van der Waals surface area contributed by atoms with Crippen molar-refractivity contribution in [2.75, 3.05) is 32.8 Å². The summed E-state index contributed by atoms with van der Waals surface area (Å²) in [5.41, 5.74) is 4.68. The second-order valence-electron chi connectivity index (χ2n) is 12.8. The number of aromatic nitrogens is 1. The highest BCUT2D eigenvalue weighted by Crippen LogP contribution is 2.36. The quantitative estimate of drug-likeness (QED) is 0.0822. The zero-order chi connectivity index (χ0) is 38.1. The summed E-state index contributed by atoms with van der Waals surface area (Å²) in [6, 6.07) is 27.8. The van der Waals surface area contributed by atoms with Crippen LogP contribution in [-0.2, 0) is 30.5 Å². The number of hydrogen-bond acceptors (Lipinski definition) is 7. The van der Waals surface area contributed by atoms with Crippen LogP contribution in [0.4, 0.5) is 13.2 Å². The Labute approximate surface area is 322 Å². The molecule has 280 valence electrons. The molecule has 0 N–H and O–H groups in total. The SMILES string of the molecule is Cc1cc(/C(=C\C=O)N2CCN(Cc3ccc(CCOc4ccc(Cl)cc4)cc3)CC2)cc(Cl)c1Oc1ccc(OCc2ccc(C(F)(F)F)cc2)cn1. The van der Waals surface area contributed by atoms with Gasteiger partial charge < -0.3 is 19.1 Å². The van der Waals surface area contributed by atoms with Gasteiger partial charge in [-0.05, 0) is 89.3 Å². The summed E-state index contributed by atoms with van der Waals surface area (Å²) in [4.78, 5) is 20.7. The summed E-state index contributed by atoms with van der Waals surface area (Å²) in [5, 5.41) is 1.05. The van der Waals surface area contributed by atoms with E-state index in [9.17, 15) is 18.0 Å². The largest absolute Gasteiger partial charge is 0.493 e. The zero-order valence-corrected chi connectivity index (χ0v) is 31.0. The number of aryl methyl sites for hydroxylation is 1. The molecule has 7 nitrogen and oxygen atoms in total. The second kappa shape index (κ2) is 17.9. The molecule has 0 saturated carbocycles. The minimum Gasteiger partial charge on any atom is -0.493 e. The van der Waals surface area contributed by atoms with E-state index in [4.69, 9.17) is 37.4 Å². The first-order valence-electron chi connectivity index (χ1n) is 17.4. The van der Waals surface area contributed by atoms with E-state index in [1.54, 1.807) is 24.3 Å². The van der Waals surface area contributed by atoms with Gasteiger partial charge in [-0.3, -0.25) is 9.69 Å². The van der Waals surface area contributed by atoms with E-state index in [-0.39, 0.29) is 12.5 Å². The molecule has 1 fully saturated rings. The smallest absolute Gasteiger partial charge is 0.416 e. The Morgan fingerprint density at radius 1 is 0.815 bits per heavy atom. The molecular weight excluding hydrogens is 738 g/mol. The van der Waals surface area contributed by atoms with Crippen LogP contribution >= 0.6 is 23.2 Å². The lowest BCUT2D eigenvalue weighted by Crippen LogP contribution is -2.45. The molecule has 0 aliphatic carbocycles. The molecule has 5 aromatic rings. The van der Waals surface area contributed by atoms with Gasteiger partial charge in [0.25, 0.3) is 0 Å². The summed E-state index contributed by atoms with van der Waals surface area (Å²) < 4.78 is 56.0. The summed E-state index contributed by atoms with van der Waals surface area (Å²) in [7, 11) is 0. The molecule has 1 saturated heterocycles. The number of alkyl halides is 3. The Kier molecular flexibility index (Phi) is 12.8. The van der Waals surface area contributed by atoms with Gasteiger partial charge in [0.2, 0.25) is 5.88 Å². The van der Waals surface area contributed by atoms with Gasteiger partial charge in [0, 0.05) is 62.0 Å². The molecule has 12 heteroatoms. The van der Waals surface area contributed by atoms with E-state index in [2.05, 4.69) is 39.0 Å². The second-order valence-corrected chi connectivity index (χ2v) is 13.7. The van der Waals surface area contributed by atoms with E-state index in [1.807, 2.05) is 37.3 Å². The normalized spacial score (nSPS) is 13.8. The molecule has 1 aromatic heterocycles. The Hall–Kier alpha value is -5.03. The summed E-state index contributed by atoms with van der Waals surface area (Å²) in [6.07, 6.45) is 0.253. The molecule has 0 amide bonds. The topological polar surface area (TPSA) is 64.1 Å². The number of aldehydes is 1. The van der Waals surface area contributed by atoms with Crippen molar-refractivity contribution >= 4 is 35.2 Å². The van der Waals surface area contributed by atoms with Crippen molar-refractivity contribution < 1.29 is 32.2 Å². The standard InChI is InChI=1S/C42H38Cl2F3N3O4/c1-29-24-33(25-38(44)41(29)54-40-15-14-37(26-48-40)53-28-32-6-8-34(9-7-32)42(45,46)47)39(16-22-51)50-20-18-49(19-21-50)27-31-4-2-30(3-5-31)17-23-52-36-12-10-35(43)11-13-36/h2-16,22,24-26H,17-21,23,27-28H2,1H3/b39-16+. The molecule has 0 atom stereocenters. The van der Waals surface area contributed by atoms with Crippen LogP contribution in [0, 0.1) is 6.92 Å². The zero-order valence-electron chi connectivity index (χ0n) is 29.5. The Bertz CT molecular complexity index is 2010. The van der Waals surface area contributed by atoms with Crippen LogP contribution < -0.4 is 14.2 Å². The van der Waals surface area contributed by atoms with Gasteiger partial charge in [-0.2, -0.15) is 13.2 Å². The lowest BCUT2D eigenvalue weighted by Gasteiger charge is -2.37. The van der Waals surface area contributed by atoms with E-state index in [0.29, 0.717) is 33.7 Å². The molecule has 6 rings (SSSR count). The third-order valence-electron chi connectivity index (χ3n) is 8.97. The molecule has 0 spiro atoms. The fourth-order valence-corrected chi connectivity index (χ4v) is 6.50. The fraction of sp³-hybridized carbons (Fsp3) is 0.238. The lowest BCUT2D eigenvalue weighted by atomic mass is 10.1. The van der Waals surface area contributed by atoms with Crippen molar-refractivity contribution in [2.24, 2.45) is 0 Å². The number of rotatable bonds is 14. The van der Waals surface area contributed by atoms with Crippen LogP contribution in [0.3, 0.4) is 0 Å². The van der Waals surface area contributed by atoms with Crippen molar-refractivity contribution in [2.45, 2.75) is 32.7 Å². The van der Waals surface area contributed by atoms with Crippen LogP contribution in [0.25, 0.3) is 5.70 Å². The maximum absolute atomic E-state index is 12.8. The minimum atomic E-state index is -4.39. The number of piperazine rings is 1. The molecule has 1 aliphatic rings. The summed E-state index contributed by atoms with van der Waals surface area (Å²) in [6.45, 7) is 6.52. The van der Waals surface area contributed by atoms with Crippen LogP contribution in [0.5, 0.6) is 23.1 Å². The highest BCUT2D eigenvalue weighted by molar-refractivity contribution is 6.32. The molecule has 1 aliphatic heterocycles. The Balaban J connectivity index is 0.994. The molecular formula is C42H38Cl2F3N3O4. The van der Waals surface area contributed by atoms with Crippen LogP contribution in [-0.4, -0.2) is 53.9 Å². The highest BCUT2D eigenvalue weighted by Gasteiger charge is 2.30. The first-order chi connectivity index (χ1) is 26.0. The van der Waals surface area contributed by atoms with Gasteiger partial charge in [0.15, 0.2) is 5.75 Å². The minimum absolute atomic E-state index is 0.0793. The Morgan fingerprint density at radius 2 is 1.48 bits per heavy atom. The number of carbonyl (C=O) groups is 1. The highest BCUT2D eigenvalue weighted by atomic mass is 35.5. The number of carbonyl (C=O) groups excluding carboxylic acids is 1. The molecule has 0 unspecified atom stereocenters. The van der Waals surface area contributed by atoms with E-state index in [0.717, 1.165) is 80.1 Å². The third-order valence-corrected chi connectivity index (χ3v) is 9.50. The monoisotopic (exact) mass is 775 g/mol. The number of benzene rings is 4. The van der Waals surface area contributed by atoms with Crippen LogP contribution in [0.2, 0.25) is 10.0 Å². The van der Waals surface area contributed by atoms with E-state index < -0.39 is 11.7 Å². The van der Waals surface area contributed by atoms with Crippen molar-refractivity contribution in [1.29, 1.82) is 0 Å². The first kappa shape index (κ1) is 38.7. The molecule has 0 bridgehead atoms. The number of allylic oxidation sites excluding steroid dienone is 1. The lowest BCUT2D eigenvalue weighted by molar-refractivity contribution is -0.137. The van der Waals surface area contributed by atoms with E-state index >= 15 is 0 Å². The fourth-order valence-electron chi connectivity index (χ4n) is 6.06. The third kappa shape index (κ3) is 10.6. The molecule has 54 heavy (non-hydrogen) atoms. The van der Waals surface area contributed by atoms with Crippen molar-refractivity contribution in [3.05, 3.63) is 153 Å². The van der Waals surface area contributed by atoms with Crippen LogP contribution in [0.15, 0.2) is 109 Å².